The zero-order valence-electron chi connectivity index (χ0n) is 9.98. The highest BCUT2D eigenvalue weighted by molar-refractivity contribution is 5.80. The number of carbonyl (C=O) groups is 1. The molecule has 4 heteroatoms. The average molecular weight is 236 g/mol. The number of aliphatic hydroxyl groups excluding tert-OH is 1. The van der Waals surface area contributed by atoms with Gasteiger partial charge in [-0.25, -0.2) is 0 Å². The van der Waals surface area contributed by atoms with Crippen molar-refractivity contribution in [1.82, 2.24) is 5.32 Å². The minimum atomic E-state index is -0.00750. The van der Waals surface area contributed by atoms with Crippen molar-refractivity contribution in [3.8, 4) is 0 Å². The van der Waals surface area contributed by atoms with E-state index in [1.165, 1.54) is 0 Å². The normalized spacial score (nSPS) is 10.2. The molecule has 0 aromatic heterocycles. The molecule has 0 aliphatic carbocycles. The molecule has 1 aromatic carbocycles. The van der Waals surface area contributed by atoms with E-state index in [4.69, 9.17) is 10.8 Å². The van der Waals surface area contributed by atoms with Crippen LogP contribution in [0, 0.1) is 0 Å². The van der Waals surface area contributed by atoms with Gasteiger partial charge in [-0.15, -0.1) is 0 Å². The van der Waals surface area contributed by atoms with E-state index in [9.17, 15) is 4.79 Å². The number of unbranched alkanes of at least 4 members (excludes halogenated alkanes) is 2. The Labute approximate surface area is 102 Å². The third kappa shape index (κ3) is 5.36. The highest BCUT2D eigenvalue weighted by Crippen LogP contribution is 2.10. The van der Waals surface area contributed by atoms with Crippen LogP contribution in [0.4, 0.5) is 5.69 Å². The van der Waals surface area contributed by atoms with Crippen molar-refractivity contribution in [1.29, 1.82) is 0 Å². The maximum Gasteiger partial charge on any atom is 0.224 e. The topological polar surface area (TPSA) is 75.4 Å². The lowest BCUT2D eigenvalue weighted by atomic mass is 10.1. The number of para-hydroxylation sites is 1. The number of nitrogens with one attached hydrogen (secondary N) is 1. The summed E-state index contributed by atoms with van der Waals surface area (Å²) in [6, 6.07) is 7.39. The van der Waals surface area contributed by atoms with Crippen LogP contribution in [0.2, 0.25) is 0 Å². The highest BCUT2D eigenvalue weighted by Gasteiger charge is 2.04. The summed E-state index contributed by atoms with van der Waals surface area (Å²) in [5.41, 5.74) is 7.27. The maximum atomic E-state index is 11.6. The summed E-state index contributed by atoms with van der Waals surface area (Å²) in [5, 5.41) is 11.4. The number of nitrogens with two attached hydrogens (primary N) is 1. The smallest absolute Gasteiger partial charge is 0.224 e. The number of carbonyl (C=O) groups excluding carboxylic acids is 1. The van der Waals surface area contributed by atoms with Crippen molar-refractivity contribution >= 4 is 11.6 Å². The summed E-state index contributed by atoms with van der Waals surface area (Å²) >= 11 is 0. The fraction of sp³-hybridized carbons (Fsp3) is 0.462. The molecule has 17 heavy (non-hydrogen) atoms. The summed E-state index contributed by atoms with van der Waals surface area (Å²) in [5.74, 6) is -0.00750. The molecular formula is C13H20N2O2. The molecular weight excluding hydrogens is 216 g/mol. The van der Waals surface area contributed by atoms with Crippen molar-refractivity contribution in [2.24, 2.45) is 0 Å². The molecule has 1 rings (SSSR count). The van der Waals surface area contributed by atoms with Gasteiger partial charge in [0.05, 0.1) is 6.42 Å². The predicted molar refractivity (Wildman–Crippen MR) is 68.5 cm³/mol. The van der Waals surface area contributed by atoms with Crippen molar-refractivity contribution in [3.05, 3.63) is 29.8 Å². The number of amides is 1. The Morgan fingerprint density at radius 1 is 1.24 bits per heavy atom. The second kappa shape index (κ2) is 7.68. The molecule has 0 spiro atoms. The second-order valence-electron chi connectivity index (χ2n) is 4.01. The largest absolute Gasteiger partial charge is 0.398 e. The number of anilines is 1. The first-order valence-corrected chi connectivity index (χ1v) is 5.95. The highest BCUT2D eigenvalue weighted by atomic mass is 16.2. The number of nitrogen functional groups attached to an aromatic ring is 1. The number of hydrogen-bond donors (Lipinski definition) is 3. The van der Waals surface area contributed by atoms with E-state index < -0.39 is 0 Å². The van der Waals surface area contributed by atoms with E-state index in [1.54, 1.807) is 6.07 Å². The Hall–Kier alpha value is -1.55. The van der Waals surface area contributed by atoms with Crippen molar-refractivity contribution in [2.75, 3.05) is 18.9 Å². The number of rotatable bonds is 7. The maximum absolute atomic E-state index is 11.6. The molecule has 0 atom stereocenters. The van der Waals surface area contributed by atoms with E-state index in [-0.39, 0.29) is 12.5 Å². The Kier molecular flexibility index (Phi) is 6.10. The fourth-order valence-corrected chi connectivity index (χ4v) is 1.57. The minimum absolute atomic E-state index is 0.00750. The van der Waals surface area contributed by atoms with Crippen LogP contribution in [0.15, 0.2) is 24.3 Å². The van der Waals surface area contributed by atoms with Gasteiger partial charge in [0.1, 0.15) is 0 Å². The quantitative estimate of drug-likeness (QED) is 0.490. The summed E-state index contributed by atoms with van der Waals surface area (Å²) in [6.45, 7) is 0.875. The molecule has 4 N–H and O–H groups in total. The summed E-state index contributed by atoms with van der Waals surface area (Å²) in [4.78, 5) is 11.6. The van der Waals surface area contributed by atoms with Crippen molar-refractivity contribution < 1.29 is 9.90 Å². The summed E-state index contributed by atoms with van der Waals surface area (Å²) in [6.07, 6.45) is 2.95. The summed E-state index contributed by atoms with van der Waals surface area (Å²) in [7, 11) is 0. The van der Waals surface area contributed by atoms with E-state index in [1.807, 2.05) is 18.2 Å². The zero-order valence-corrected chi connectivity index (χ0v) is 9.98. The van der Waals surface area contributed by atoms with Crippen LogP contribution in [0.5, 0.6) is 0 Å². The monoisotopic (exact) mass is 236 g/mol. The first kappa shape index (κ1) is 13.5. The molecule has 0 aliphatic heterocycles. The molecule has 4 nitrogen and oxygen atoms in total. The van der Waals surface area contributed by atoms with Crippen LogP contribution < -0.4 is 11.1 Å². The summed E-state index contributed by atoms with van der Waals surface area (Å²) < 4.78 is 0. The molecule has 0 saturated carbocycles. The Balaban J connectivity index is 2.23. The molecule has 0 aliphatic rings. The van der Waals surface area contributed by atoms with E-state index in [0.717, 1.165) is 24.8 Å². The van der Waals surface area contributed by atoms with Crippen LogP contribution in [0.1, 0.15) is 24.8 Å². The molecule has 0 bridgehead atoms. The van der Waals surface area contributed by atoms with Gasteiger partial charge in [-0.05, 0) is 30.9 Å². The number of benzene rings is 1. The third-order valence-electron chi connectivity index (χ3n) is 2.56. The standard InChI is InChI=1S/C13H20N2O2/c14-12-7-3-2-6-11(12)10-13(17)15-8-4-1-5-9-16/h2-3,6-7,16H,1,4-5,8-10,14H2,(H,15,17). The fourth-order valence-electron chi connectivity index (χ4n) is 1.57. The minimum Gasteiger partial charge on any atom is -0.398 e. The molecule has 0 unspecified atom stereocenters. The van der Waals surface area contributed by atoms with Crippen molar-refractivity contribution in [3.63, 3.8) is 0 Å². The zero-order chi connectivity index (χ0) is 12.5. The van der Waals surface area contributed by atoms with Gasteiger partial charge in [0.25, 0.3) is 0 Å². The van der Waals surface area contributed by atoms with Crippen LogP contribution >= 0.6 is 0 Å². The number of hydrogen-bond acceptors (Lipinski definition) is 3. The van der Waals surface area contributed by atoms with Gasteiger partial charge < -0.3 is 16.2 Å². The van der Waals surface area contributed by atoms with E-state index in [0.29, 0.717) is 18.7 Å². The average Bonchev–Trinajstić information content (AvgIpc) is 2.32. The second-order valence-corrected chi connectivity index (χ2v) is 4.01. The third-order valence-corrected chi connectivity index (χ3v) is 2.56. The lowest BCUT2D eigenvalue weighted by molar-refractivity contribution is -0.120. The van der Waals surface area contributed by atoms with Gasteiger partial charge in [0.15, 0.2) is 0 Å². The van der Waals surface area contributed by atoms with Crippen LogP contribution in [0.25, 0.3) is 0 Å². The SMILES string of the molecule is Nc1ccccc1CC(=O)NCCCCCO. The lowest BCUT2D eigenvalue weighted by Gasteiger charge is -2.06. The molecule has 1 aromatic rings. The van der Waals surface area contributed by atoms with E-state index >= 15 is 0 Å². The van der Waals surface area contributed by atoms with Gasteiger partial charge >= 0.3 is 0 Å². The first-order valence-electron chi connectivity index (χ1n) is 5.95. The van der Waals surface area contributed by atoms with Gasteiger partial charge in [-0.3, -0.25) is 4.79 Å². The Morgan fingerprint density at radius 3 is 2.71 bits per heavy atom. The predicted octanol–water partition coefficient (Wildman–Crippen LogP) is 1.09. The van der Waals surface area contributed by atoms with Gasteiger partial charge in [-0.1, -0.05) is 18.2 Å². The van der Waals surface area contributed by atoms with Crippen molar-refractivity contribution in [2.45, 2.75) is 25.7 Å². The van der Waals surface area contributed by atoms with Gasteiger partial charge in [0, 0.05) is 18.8 Å². The first-order chi connectivity index (χ1) is 8.24. The lowest BCUT2D eigenvalue weighted by Crippen LogP contribution is -2.26. The number of aliphatic hydroxyl groups is 1. The van der Waals surface area contributed by atoms with E-state index in [2.05, 4.69) is 5.32 Å². The van der Waals surface area contributed by atoms with Crippen LogP contribution in [-0.2, 0) is 11.2 Å². The molecule has 94 valence electrons. The Bertz CT molecular complexity index is 353. The molecule has 0 heterocycles. The molecule has 0 radical (unpaired) electrons. The van der Waals surface area contributed by atoms with Gasteiger partial charge in [0.2, 0.25) is 5.91 Å². The molecule has 0 saturated heterocycles. The van der Waals surface area contributed by atoms with Crippen LogP contribution in [-0.4, -0.2) is 24.2 Å². The molecule has 0 fully saturated rings. The molecule has 1 amide bonds. The Morgan fingerprint density at radius 2 is 2.00 bits per heavy atom. The van der Waals surface area contributed by atoms with Crippen LogP contribution in [0.3, 0.4) is 0 Å². The van der Waals surface area contributed by atoms with Gasteiger partial charge in [-0.2, -0.15) is 0 Å².